The number of ether oxygens (including phenoxy) is 3. The van der Waals surface area contributed by atoms with E-state index in [0.717, 1.165) is 48.9 Å². The lowest BCUT2D eigenvalue weighted by Gasteiger charge is -2.13. The van der Waals surface area contributed by atoms with Gasteiger partial charge in [0, 0.05) is 0 Å². The van der Waals surface area contributed by atoms with E-state index in [4.69, 9.17) is 14.2 Å². The first-order valence-corrected chi connectivity index (χ1v) is 24.9. The molecule has 0 saturated carbocycles. The zero-order chi connectivity index (χ0) is 41.0. The summed E-state index contributed by atoms with van der Waals surface area (Å²) in [5.41, 5.74) is 4.72. The summed E-state index contributed by atoms with van der Waals surface area (Å²) in [7, 11) is 1.73. The molecule has 326 valence electrons. The predicted octanol–water partition coefficient (Wildman–Crippen LogP) is 18.3. The van der Waals surface area contributed by atoms with E-state index in [1.54, 1.807) is 7.11 Å². The minimum atomic E-state index is 0.742. The van der Waals surface area contributed by atoms with Gasteiger partial charge in [0.15, 0.2) is 11.5 Å². The number of hydrogen-bond acceptors (Lipinski definition) is 3. The lowest BCUT2D eigenvalue weighted by molar-refractivity contribution is 0.284. The Morgan fingerprint density at radius 1 is 0.293 bits per heavy atom. The standard InChI is InChI=1S/C55H88O3/c1-4-6-8-10-12-14-16-18-20-22-24-26-28-30-32-34-46-57-53-43-40-50(41-44-53)49-36-38-51(39-37-49)52-42-45-54(55(48-52)56-3)58-47-35-33-31-29-27-25-23-21-19-17-15-13-11-9-7-5-2/h36-45,48H,4-35,46-47H2,1-3H3. The third-order valence-corrected chi connectivity index (χ3v) is 12.1. The van der Waals surface area contributed by atoms with Crippen LogP contribution in [0.1, 0.15) is 219 Å². The minimum Gasteiger partial charge on any atom is -0.494 e. The van der Waals surface area contributed by atoms with E-state index in [1.165, 1.54) is 209 Å². The first kappa shape index (κ1) is 49.4. The average Bonchev–Trinajstić information content (AvgIpc) is 3.26. The minimum absolute atomic E-state index is 0.742. The average molecular weight is 797 g/mol. The summed E-state index contributed by atoms with van der Waals surface area (Å²) in [6.07, 6.45) is 44.3. The van der Waals surface area contributed by atoms with Crippen LogP contribution in [0.5, 0.6) is 17.2 Å². The highest BCUT2D eigenvalue weighted by Gasteiger charge is 2.09. The highest BCUT2D eigenvalue weighted by atomic mass is 16.5. The van der Waals surface area contributed by atoms with Crippen LogP contribution in [0, 0.1) is 0 Å². The second kappa shape index (κ2) is 34.9. The van der Waals surface area contributed by atoms with E-state index in [1.807, 2.05) is 0 Å². The normalized spacial score (nSPS) is 11.3. The lowest BCUT2D eigenvalue weighted by Crippen LogP contribution is -1.99. The van der Waals surface area contributed by atoms with Crippen LogP contribution in [0.25, 0.3) is 22.3 Å². The molecule has 3 heteroatoms. The van der Waals surface area contributed by atoms with E-state index in [-0.39, 0.29) is 0 Å². The van der Waals surface area contributed by atoms with E-state index in [2.05, 4.69) is 80.6 Å². The fourth-order valence-corrected chi connectivity index (χ4v) is 8.24. The van der Waals surface area contributed by atoms with Crippen molar-refractivity contribution in [3.05, 3.63) is 66.7 Å². The molecule has 0 radical (unpaired) electrons. The van der Waals surface area contributed by atoms with Gasteiger partial charge in [-0.2, -0.15) is 0 Å². The Morgan fingerprint density at radius 3 is 0.948 bits per heavy atom. The molecule has 0 N–H and O–H groups in total. The Morgan fingerprint density at radius 2 is 0.586 bits per heavy atom. The van der Waals surface area contributed by atoms with Gasteiger partial charge in [-0.1, -0.05) is 249 Å². The van der Waals surface area contributed by atoms with Crippen molar-refractivity contribution in [2.45, 2.75) is 219 Å². The summed E-state index contributed by atoms with van der Waals surface area (Å²) < 4.78 is 18.0. The van der Waals surface area contributed by atoms with E-state index in [9.17, 15) is 0 Å². The van der Waals surface area contributed by atoms with Gasteiger partial charge in [-0.15, -0.1) is 0 Å². The molecule has 0 spiro atoms. The van der Waals surface area contributed by atoms with Crippen molar-refractivity contribution in [2.75, 3.05) is 20.3 Å². The van der Waals surface area contributed by atoms with Gasteiger partial charge in [-0.05, 0) is 59.4 Å². The molecular weight excluding hydrogens is 709 g/mol. The molecule has 0 fully saturated rings. The maximum Gasteiger partial charge on any atom is 0.161 e. The van der Waals surface area contributed by atoms with Gasteiger partial charge in [0.2, 0.25) is 0 Å². The summed E-state index contributed by atoms with van der Waals surface area (Å²) in [6.45, 7) is 6.14. The second-order valence-electron chi connectivity index (χ2n) is 17.3. The molecule has 0 aliphatic carbocycles. The number of unbranched alkanes of at least 4 members (excludes halogenated alkanes) is 30. The van der Waals surface area contributed by atoms with Gasteiger partial charge in [-0.3, -0.25) is 0 Å². The highest BCUT2D eigenvalue weighted by Crippen LogP contribution is 2.34. The van der Waals surface area contributed by atoms with Crippen molar-refractivity contribution in [1.82, 2.24) is 0 Å². The quantitative estimate of drug-likeness (QED) is 0.0538. The fraction of sp³-hybridized carbons (Fsp3) is 0.673. The Hall–Kier alpha value is -2.94. The first-order chi connectivity index (χ1) is 28.7. The molecule has 0 aromatic heterocycles. The van der Waals surface area contributed by atoms with Crippen LogP contribution >= 0.6 is 0 Å². The van der Waals surface area contributed by atoms with Crippen LogP contribution < -0.4 is 14.2 Å². The molecular formula is C55H88O3. The Balaban J connectivity index is 1.21. The van der Waals surface area contributed by atoms with Crippen molar-refractivity contribution in [3.63, 3.8) is 0 Å². The molecule has 3 aromatic rings. The molecule has 0 saturated heterocycles. The molecule has 3 aromatic carbocycles. The predicted molar refractivity (Wildman–Crippen MR) is 254 cm³/mol. The van der Waals surface area contributed by atoms with Crippen molar-refractivity contribution >= 4 is 0 Å². The van der Waals surface area contributed by atoms with Gasteiger partial charge < -0.3 is 14.2 Å². The number of rotatable bonds is 39. The maximum atomic E-state index is 6.17. The van der Waals surface area contributed by atoms with E-state index in [0.29, 0.717) is 0 Å². The summed E-state index contributed by atoms with van der Waals surface area (Å²) >= 11 is 0. The summed E-state index contributed by atoms with van der Waals surface area (Å²) in [5, 5.41) is 0. The molecule has 0 amide bonds. The number of benzene rings is 3. The Labute approximate surface area is 358 Å². The van der Waals surface area contributed by atoms with Gasteiger partial charge >= 0.3 is 0 Å². The first-order valence-electron chi connectivity index (χ1n) is 24.9. The highest BCUT2D eigenvalue weighted by molar-refractivity contribution is 5.72. The van der Waals surface area contributed by atoms with Crippen LogP contribution in [0.3, 0.4) is 0 Å². The summed E-state index contributed by atoms with van der Waals surface area (Å²) in [5.74, 6) is 2.60. The van der Waals surface area contributed by atoms with Crippen molar-refractivity contribution in [1.29, 1.82) is 0 Å². The van der Waals surface area contributed by atoms with Crippen LogP contribution in [-0.2, 0) is 0 Å². The summed E-state index contributed by atoms with van der Waals surface area (Å²) in [4.78, 5) is 0. The van der Waals surface area contributed by atoms with Crippen LogP contribution in [-0.4, -0.2) is 20.3 Å². The van der Waals surface area contributed by atoms with Crippen LogP contribution in [0.15, 0.2) is 66.7 Å². The van der Waals surface area contributed by atoms with Gasteiger partial charge in [0.1, 0.15) is 5.75 Å². The van der Waals surface area contributed by atoms with Crippen molar-refractivity contribution in [2.24, 2.45) is 0 Å². The van der Waals surface area contributed by atoms with Crippen LogP contribution in [0.4, 0.5) is 0 Å². The number of hydrogen-bond donors (Lipinski definition) is 0. The topological polar surface area (TPSA) is 27.7 Å². The van der Waals surface area contributed by atoms with Gasteiger partial charge in [0.25, 0.3) is 0 Å². The van der Waals surface area contributed by atoms with E-state index >= 15 is 0 Å². The fourth-order valence-electron chi connectivity index (χ4n) is 8.24. The molecule has 0 aliphatic rings. The van der Waals surface area contributed by atoms with Crippen molar-refractivity contribution < 1.29 is 14.2 Å². The molecule has 0 heterocycles. The molecule has 0 aliphatic heterocycles. The maximum absolute atomic E-state index is 6.17. The molecule has 0 atom stereocenters. The van der Waals surface area contributed by atoms with Gasteiger partial charge in [-0.25, -0.2) is 0 Å². The molecule has 3 nitrogen and oxygen atoms in total. The van der Waals surface area contributed by atoms with Gasteiger partial charge in [0.05, 0.1) is 20.3 Å². The SMILES string of the molecule is CCCCCCCCCCCCCCCCCCOc1ccc(-c2ccc(-c3ccc(OCCCCCCCCCCCCCCCCCC)c(OC)c3)cc2)cc1. The molecule has 58 heavy (non-hydrogen) atoms. The molecule has 0 unspecified atom stereocenters. The smallest absolute Gasteiger partial charge is 0.161 e. The largest absolute Gasteiger partial charge is 0.494 e. The third kappa shape index (κ3) is 23.6. The molecule has 3 rings (SSSR count). The Bertz CT molecular complexity index is 1350. The van der Waals surface area contributed by atoms with Crippen LogP contribution in [0.2, 0.25) is 0 Å². The monoisotopic (exact) mass is 797 g/mol. The van der Waals surface area contributed by atoms with E-state index < -0.39 is 0 Å². The zero-order valence-corrected chi connectivity index (χ0v) is 38.1. The summed E-state index contributed by atoms with van der Waals surface area (Å²) in [6, 6.07) is 23.7. The third-order valence-electron chi connectivity index (χ3n) is 12.1. The number of methoxy groups -OCH3 is 1. The zero-order valence-electron chi connectivity index (χ0n) is 38.1. The van der Waals surface area contributed by atoms with Crippen molar-refractivity contribution in [3.8, 4) is 39.5 Å². The Kier molecular flexibility index (Phi) is 29.7. The molecule has 0 bridgehead atoms. The lowest BCUT2D eigenvalue weighted by atomic mass is 10.00. The second-order valence-corrected chi connectivity index (χ2v) is 17.3.